The molecule has 4 aromatic carbocycles. The van der Waals surface area contributed by atoms with Gasteiger partial charge in [-0.25, -0.2) is 0 Å². The number of carbonyl (C=O) groups excluding carboxylic acids is 2. The van der Waals surface area contributed by atoms with Crippen LogP contribution in [0.5, 0.6) is 5.75 Å². The second-order valence-electron chi connectivity index (χ2n) is 8.63. The molecule has 0 saturated carbocycles. The van der Waals surface area contributed by atoms with Crippen LogP contribution in [0.4, 0.5) is 11.4 Å². The Bertz CT molecular complexity index is 1490. The van der Waals surface area contributed by atoms with Gasteiger partial charge in [-0.15, -0.1) is 0 Å². The largest absolute Gasteiger partial charge is 0.496 e. The third-order valence-corrected chi connectivity index (χ3v) is 6.97. The Morgan fingerprint density at radius 2 is 1.32 bits per heavy atom. The highest BCUT2D eigenvalue weighted by molar-refractivity contribution is 7.81. The van der Waals surface area contributed by atoms with E-state index in [4.69, 9.17) is 28.6 Å². The van der Waals surface area contributed by atoms with Crippen LogP contribution < -0.4 is 14.5 Å². The van der Waals surface area contributed by atoms with Gasteiger partial charge in [-0.2, -0.15) is 0 Å². The number of methoxy groups -OCH3 is 1. The Hall–Kier alpha value is -4.26. The van der Waals surface area contributed by atoms with Crippen LogP contribution in [0.2, 0.25) is 5.02 Å². The normalized spacial score (nSPS) is 13.6. The fraction of sp³-hybridized carbons (Fsp3) is 0.0645. The second kappa shape index (κ2) is 11.0. The van der Waals surface area contributed by atoms with Crippen LogP contribution in [-0.2, 0) is 16.0 Å². The van der Waals surface area contributed by atoms with Gasteiger partial charge in [-0.3, -0.25) is 19.4 Å². The average Bonchev–Trinajstić information content (AvgIpc) is 2.94. The number of benzene rings is 4. The Labute approximate surface area is 231 Å². The number of thiocarbonyl (C=S) groups is 1. The third kappa shape index (κ3) is 4.96. The molecule has 1 aliphatic rings. The quantitative estimate of drug-likeness (QED) is 0.156. The molecular formula is C31H23ClN2O3S. The molecule has 2 amide bonds. The number of carbonyl (C=O) groups is 2. The van der Waals surface area contributed by atoms with Gasteiger partial charge in [0.25, 0.3) is 11.8 Å². The van der Waals surface area contributed by atoms with Crippen molar-refractivity contribution in [2.75, 3.05) is 16.9 Å². The first-order valence-corrected chi connectivity index (χ1v) is 12.7. The molecule has 0 spiro atoms. The summed E-state index contributed by atoms with van der Waals surface area (Å²) in [5.41, 5.74) is 3.70. The molecule has 1 aliphatic heterocycles. The topological polar surface area (TPSA) is 49.9 Å². The third-order valence-electron chi connectivity index (χ3n) is 6.24. The van der Waals surface area contributed by atoms with Gasteiger partial charge in [0.05, 0.1) is 18.5 Å². The number of para-hydroxylation sites is 2. The lowest BCUT2D eigenvalue weighted by atomic mass is 10.00. The highest BCUT2D eigenvalue weighted by Crippen LogP contribution is 2.31. The Morgan fingerprint density at radius 3 is 1.87 bits per heavy atom. The molecule has 1 saturated heterocycles. The molecule has 0 bridgehead atoms. The van der Waals surface area contributed by atoms with E-state index >= 15 is 0 Å². The minimum absolute atomic E-state index is 0.00721. The van der Waals surface area contributed by atoms with Crippen molar-refractivity contribution in [1.29, 1.82) is 0 Å². The number of amides is 2. The summed E-state index contributed by atoms with van der Waals surface area (Å²) in [7, 11) is 1.59. The molecule has 38 heavy (non-hydrogen) atoms. The second-order valence-corrected chi connectivity index (χ2v) is 9.40. The first kappa shape index (κ1) is 25.4. The van der Waals surface area contributed by atoms with Gasteiger partial charge < -0.3 is 4.74 Å². The van der Waals surface area contributed by atoms with Crippen molar-refractivity contribution in [3.8, 4) is 5.75 Å². The maximum Gasteiger partial charge on any atom is 0.270 e. The first-order chi connectivity index (χ1) is 18.5. The summed E-state index contributed by atoms with van der Waals surface area (Å²) in [5, 5.41) is 0.777. The van der Waals surface area contributed by atoms with Crippen molar-refractivity contribution < 1.29 is 14.3 Å². The lowest BCUT2D eigenvalue weighted by Gasteiger charge is -2.36. The van der Waals surface area contributed by atoms with Gasteiger partial charge in [-0.1, -0.05) is 78.3 Å². The van der Waals surface area contributed by atoms with Gasteiger partial charge in [0.1, 0.15) is 11.3 Å². The molecule has 0 unspecified atom stereocenters. The maximum absolute atomic E-state index is 13.7. The van der Waals surface area contributed by atoms with Gasteiger partial charge in [0.15, 0.2) is 5.11 Å². The molecule has 0 aromatic heterocycles. The molecule has 0 atom stereocenters. The molecule has 0 N–H and O–H groups in total. The van der Waals surface area contributed by atoms with E-state index in [2.05, 4.69) is 0 Å². The minimum Gasteiger partial charge on any atom is -0.496 e. The summed E-state index contributed by atoms with van der Waals surface area (Å²) in [4.78, 5) is 30.2. The summed E-state index contributed by atoms with van der Waals surface area (Å²) in [5.74, 6) is -0.347. The number of nitrogens with zero attached hydrogens (tertiary/aromatic N) is 2. The molecule has 5 rings (SSSR count). The van der Waals surface area contributed by atoms with E-state index in [1.807, 2.05) is 78.9 Å². The van der Waals surface area contributed by atoms with Crippen molar-refractivity contribution in [1.82, 2.24) is 0 Å². The number of hydrogen-bond donors (Lipinski definition) is 0. The number of ether oxygens (including phenoxy) is 1. The van der Waals surface area contributed by atoms with Gasteiger partial charge >= 0.3 is 0 Å². The van der Waals surface area contributed by atoms with Crippen molar-refractivity contribution in [2.45, 2.75) is 6.42 Å². The van der Waals surface area contributed by atoms with E-state index in [1.54, 1.807) is 37.5 Å². The standard InChI is InChI=1S/C31H23ClN2O3S/c1-37-28-19-21(16-17-23(28)20-22-10-8-9-15-27(22)32)18-26-29(35)33(24-11-4-2-5-12-24)31(38)34(30(26)36)25-13-6-3-7-14-25/h2-19H,20H2,1H3. The zero-order chi connectivity index (χ0) is 26.6. The molecule has 1 heterocycles. The predicted octanol–water partition coefficient (Wildman–Crippen LogP) is 6.69. The minimum atomic E-state index is -0.488. The SMILES string of the molecule is COc1cc(C=C2C(=O)N(c3ccccc3)C(=S)N(c3ccccc3)C2=O)ccc1Cc1ccccc1Cl. The van der Waals surface area contributed by atoms with Crippen LogP contribution in [0, 0.1) is 0 Å². The number of halogens is 1. The highest BCUT2D eigenvalue weighted by atomic mass is 35.5. The molecule has 0 radical (unpaired) electrons. The summed E-state index contributed by atoms with van der Waals surface area (Å²) in [6.45, 7) is 0. The fourth-order valence-corrected chi connectivity index (χ4v) is 4.93. The van der Waals surface area contributed by atoms with Gasteiger partial charge in [0.2, 0.25) is 0 Å². The molecule has 0 aliphatic carbocycles. The zero-order valence-corrected chi connectivity index (χ0v) is 22.1. The number of rotatable bonds is 6. The molecule has 1 fully saturated rings. The van der Waals surface area contributed by atoms with E-state index in [0.29, 0.717) is 34.1 Å². The van der Waals surface area contributed by atoms with Crippen molar-refractivity contribution in [3.63, 3.8) is 0 Å². The summed E-state index contributed by atoms with van der Waals surface area (Å²) < 4.78 is 5.66. The Balaban J connectivity index is 1.56. The van der Waals surface area contributed by atoms with Crippen LogP contribution >= 0.6 is 23.8 Å². The van der Waals surface area contributed by atoms with Crippen LogP contribution in [0.15, 0.2) is 109 Å². The van der Waals surface area contributed by atoms with Gasteiger partial charge in [0, 0.05) is 11.4 Å². The first-order valence-electron chi connectivity index (χ1n) is 11.9. The summed E-state index contributed by atoms with van der Waals surface area (Å²) in [6, 6.07) is 31.4. The van der Waals surface area contributed by atoms with E-state index in [1.165, 1.54) is 9.80 Å². The molecule has 5 nitrogen and oxygen atoms in total. The predicted molar refractivity (Wildman–Crippen MR) is 156 cm³/mol. The zero-order valence-electron chi connectivity index (χ0n) is 20.5. The van der Waals surface area contributed by atoms with Crippen LogP contribution in [0.3, 0.4) is 0 Å². The van der Waals surface area contributed by atoms with E-state index in [-0.39, 0.29) is 10.7 Å². The smallest absolute Gasteiger partial charge is 0.270 e. The van der Waals surface area contributed by atoms with Crippen molar-refractivity contribution >= 4 is 58.2 Å². The summed E-state index contributed by atoms with van der Waals surface area (Å²) in [6.07, 6.45) is 2.16. The fourth-order valence-electron chi connectivity index (χ4n) is 4.35. The highest BCUT2D eigenvalue weighted by Gasteiger charge is 2.41. The number of anilines is 2. The molecule has 4 aromatic rings. The van der Waals surface area contributed by atoms with Crippen molar-refractivity contribution in [2.24, 2.45) is 0 Å². The number of hydrogen-bond acceptors (Lipinski definition) is 4. The Kier molecular flexibility index (Phi) is 7.36. The lowest BCUT2D eigenvalue weighted by Crippen LogP contribution is -2.56. The maximum atomic E-state index is 13.7. The van der Waals surface area contributed by atoms with E-state index in [9.17, 15) is 9.59 Å². The van der Waals surface area contributed by atoms with Crippen LogP contribution in [0.25, 0.3) is 6.08 Å². The van der Waals surface area contributed by atoms with Crippen LogP contribution in [0.1, 0.15) is 16.7 Å². The summed E-state index contributed by atoms with van der Waals surface area (Å²) >= 11 is 12.0. The molecular weight excluding hydrogens is 516 g/mol. The monoisotopic (exact) mass is 538 g/mol. The van der Waals surface area contributed by atoms with Crippen LogP contribution in [-0.4, -0.2) is 24.0 Å². The molecule has 7 heteroatoms. The average molecular weight is 539 g/mol. The lowest BCUT2D eigenvalue weighted by molar-refractivity contribution is -0.120. The van der Waals surface area contributed by atoms with E-state index in [0.717, 1.165) is 11.1 Å². The molecule has 188 valence electrons. The Morgan fingerprint density at radius 1 is 0.763 bits per heavy atom. The van der Waals surface area contributed by atoms with Gasteiger partial charge in [-0.05, 0) is 71.4 Å². The van der Waals surface area contributed by atoms with E-state index < -0.39 is 11.8 Å². The van der Waals surface area contributed by atoms with Crippen molar-refractivity contribution in [3.05, 3.63) is 130 Å².